The summed E-state index contributed by atoms with van der Waals surface area (Å²) in [6.07, 6.45) is 3.86. The molecule has 0 unspecified atom stereocenters. The molecule has 0 aliphatic heterocycles. The van der Waals surface area contributed by atoms with E-state index in [0.717, 1.165) is 28.1 Å². The highest BCUT2D eigenvalue weighted by Gasteiger charge is 2.12. The number of nitrogens with zero attached hydrogens (tertiary/aromatic N) is 2. The first-order valence-electron chi connectivity index (χ1n) is 7.52. The smallest absolute Gasteiger partial charge is 0.309 e. The monoisotopic (exact) mass is 314 g/mol. The van der Waals surface area contributed by atoms with Gasteiger partial charge in [-0.15, -0.1) is 0 Å². The number of aryl methyl sites for hydroxylation is 2. The number of pyridine rings is 1. The van der Waals surface area contributed by atoms with Crippen LogP contribution < -0.4 is 5.73 Å². The molecule has 2 heterocycles. The van der Waals surface area contributed by atoms with Crippen LogP contribution in [0.1, 0.15) is 37.2 Å². The molecule has 0 atom stereocenters. The largest absolute Gasteiger partial charge is 0.466 e. The van der Waals surface area contributed by atoms with Gasteiger partial charge in [0.15, 0.2) is 0 Å². The predicted octanol–water partition coefficient (Wildman–Crippen LogP) is 3.03. The lowest BCUT2D eigenvalue weighted by atomic mass is 10.1. The minimum Gasteiger partial charge on any atom is -0.466 e. The van der Waals surface area contributed by atoms with Gasteiger partial charge in [0.25, 0.3) is 0 Å². The standard InChI is InChI=1S/C17H22N4O2/c1-5-23-15(22)8-10(2)7-14-12(4)20-17(21-14)13-6-11(3)9-19-16(13)18/h6-7,9H,5,8H2,1-4H3,(H2,18,19)(H,20,21)/b10-7+. The molecule has 0 amide bonds. The van der Waals surface area contributed by atoms with Crippen LogP contribution in [0.4, 0.5) is 5.82 Å². The van der Waals surface area contributed by atoms with Crippen LogP contribution in [0.25, 0.3) is 17.5 Å². The molecular weight excluding hydrogens is 292 g/mol. The highest BCUT2D eigenvalue weighted by molar-refractivity contribution is 5.75. The molecule has 0 spiro atoms. The maximum atomic E-state index is 11.5. The predicted molar refractivity (Wildman–Crippen MR) is 90.6 cm³/mol. The zero-order valence-corrected chi connectivity index (χ0v) is 13.9. The number of imidazole rings is 1. The highest BCUT2D eigenvalue weighted by atomic mass is 16.5. The van der Waals surface area contributed by atoms with E-state index >= 15 is 0 Å². The van der Waals surface area contributed by atoms with Crippen molar-refractivity contribution in [2.75, 3.05) is 12.3 Å². The number of aromatic amines is 1. The number of anilines is 1. The molecule has 2 aromatic rings. The van der Waals surface area contributed by atoms with Crippen molar-refractivity contribution in [3.63, 3.8) is 0 Å². The van der Waals surface area contributed by atoms with Crippen molar-refractivity contribution in [2.45, 2.75) is 34.1 Å². The third-order valence-corrected chi connectivity index (χ3v) is 3.34. The van der Waals surface area contributed by atoms with E-state index in [1.807, 2.05) is 32.9 Å². The summed E-state index contributed by atoms with van der Waals surface area (Å²) in [7, 11) is 0. The Morgan fingerprint density at radius 2 is 2.17 bits per heavy atom. The van der Waals surface area contributed by atoms with Crippen molar-refractivity contribution < 1.29 is 9.53 Å². The van der Waals surface area contributed by atoms with Gasteiger partial charge in [0, 0.05) is 11.9 Å². The second-order valence-corrected chi connectivity index (χ2v) is 5.51. The Balaban J connectivity index is 2.27. The van der Waals surface area contributed by atoms with Gasteiger partial charge in [-0.05, 0) is 45.4 Å². The Morgan fingerprint density at radius 1 is 1.43 bits per heavy atom. The number of aromatic nitrogens is 3. The molecule has 3 N–H and O–H groups in total. The summed E-state index contributed by atoms with van der Waals surface area (Å²) in [5, 5.41) is 0. The molecule has 6 heteroatoms. The minimum atomic E-state index is -0.234. The number of H-pyrrole nitrogens is 1. The van der Waals surface area contributed by atoms with Gasteiger partial charge in [-0.2, -0.15) is 0 Å². The Bertz CT molecular complexity index is 747. The van der Waals surface area contributed by atoms with Gasteiger partial charge in [0.1, 0.15) is 11.6 Å². The van der Waals surface area contributed by atoms with E-state index in [1.165, 1.54) is 0 Å². The van der Waals surface area contributed by atoms with Crippen molar-refractivity contribution in [2.24, 2.45) is 0 Å². The molecule has 122 valence electrons. The van der Waals surface area contributed by atoms with Gasteiger partial charge in [-0.1, -0.05) is 5.57 Å². The summed E-state index contributed by atoms with van der Waals surface area (Å²) >= 11 is 0. The Morgan fingerprint density at radius 3 is 2.87 bits per heavy atom. The topological polar surface area (TPSA) is 93.9 Å². The molecule has 0 radical (unpaired) electrons. The lowest BCUT2D eigenvalue weighted by Gasteiger charge is -2.02. The number of esters is 1. The molecule has 0 saturated heterocycles. The zero-order valence-electron chi connectivity index (χ0n) is 13.9. The van der Waals surface area contributed by atoms with Gasteiger partial charge < -0.3 is 15.5 Å². The van der Waals surface area contributed by atoms with Crippen LogP contribution >= 0.6 is 0 Å². The Labute approximate surface area is 135 Å². The van der Waals surface area contributed by atoms with Gasteiger partial charge in [0.05, 0.1) is 24.3 Å². The van der Waals surface area contributed by atoms with E-state index in [4.69, 9.17) is 10.5 Å². The normalized spacial score (nSPS) is 11.6. The van der Waals surface area contributed by atoms with E-state index in [9.17, 15) is 4.79 Å². The number of carbonyl (C=O) groups is 1. The number of nitrogens with one attached hydrogen (secondary N) is 1. The number of ether oxygens (including phenoxy) is 1. The third kappa shape index (κ3) is 4.18. The molecule has 0 bridgehead atoms. The summed E-state index contributed by atoms with van der Waals surface area (Å²) in [5.41, 5.74) is 10.3. The summed E-state index contributed by atoms with van der Waals surface area (Å²) in [6, 6.07) is 1.94. The van der Waals surface area contributed by atoms with Gasteiger partial charge in [-0.3, -0.25) is 4.79 Å². The lowest BCUT2D eigenvalue weighted by Crippen LogP contribution is -2.03. The summed E-state index contributed by atoms with van der Waals surface area (Å²) in [4.78, 5) is 23.5. The maximum absolute atomic E-state index is 11.5. The van der Waals surface area contributed by atoms with E-state index < -0.39 is 0 Å². The summed E-state index contributed by atoms with van der Waals surface area (Å²) < 4.78 is 4.95. The van der Waals surface area contributed by atoms with Crippen molar-refractivity contribution in [1.29, 1.82) is 0 Å². The first kappa shape index (κ1) is 16.7. The average molecular weight is 314 g/mol. The molecule has 2 rings (SSSR count). The number of hydrogen-bond acceptors (Lipinski definition) is 5. The fourth-order valence-electron chi connectivity index (χ4n) is 2.24. The van der Waals surface area contributed by atoms with E-state index in [1.54, 1.807) is 13.1 Å². The molecule has 0 saturated carbocycles. The minimum absolute atomic E-state index is 0.234. The fraction of sp³-hybridized carbons (Fsp3) is 0.353. The summed E-state index contributed by atoms with van der Waals surface area (Å²) in [6.45, 7) is 7.95. The molecule has 0 aromatic carbocycles. The Hall–Kier alpha value is -2.63. The van der Waals surface area contributed by atoms with Crippen LogP contribution in [-0.4, -0.2) is 27.5 Å². The van der Waals surface area contributed by atoms with Crippen molar-refractivity contribution in [3.05, 3.63) is 34.8 Å². The van der Waals surface area contributed by atoms with Crippen LogP contribution in [0.15, 0.2) is 17.8 Å². The molecular formula is C17H22N4O2. The van der Waals surface area contributed by atoms with E-state index in [-0.39, 0.29) is 12.4 Å². The second kappa shape index (κ2) is 7.09. The lowest BCUT2D eigenvalue weighted by molar-refractivity contribution is -0.142. The first-order chi connectivity index (χ1) is 10.9. The number of nitrogen functional groups attached to an aromatic ring is 1. The van der Waals surface area contributed by atoms with Crippen molar-refractivity contribution in [3.8, 4) is 11.4 Å². The molecule has 0 aliphatic carbocycles. The molecule has 0 fully saturated rings. The molecule has 23 heavy (non-hydrogen) atoms. The van der Waals surface area contributed by atoms with Gasteiger partial charge in [0.2, 0.25) is 0 Å². The molecule has 0 aliphatic rings. The van der Waals surface area contributed by atoms with Crippen LogP contribution in [0.5, 0.6) is 0 Å². The first-order valence-corrected chi connectivity index (χ1v) is 7.52. The van der Waals surface area contributed by atoms with Gasteiger partial charge >= 0.3 is 5.97 Å². The number of hydrogen-bond donors (Lipinski definition) is 2. The Kier molecular flexibility index (Phi) is 5.16. The van der Waals surface area contributed by atoms with Crippen LogP contribution in [0.2, 0.25) is 0 Å². The van der Waals surface area contributed by atoms with Crippen molar-refractivity contribution >= 4 is 17.9 Å². The second-order valence-electron chi connectivity index (χ2n) is 5.51. The molecule has 6 nitrogen and oxygen atoms in total. The third-order valence-electron chi connectivity index (χ3n) is 3.34. The number of rotatable bonds is 5. The van der Waals surface area contributed by atoms with Crippen LogP contribution in [0.3, 0.4) is 0 Å². The van der Waals surface area contributed by atoms with E-state index in [2.05, 4.69) is 15.0 Å². The summed E-state index contributed by atoms with van der Waals surface area (Å²) in [5.74, 6) is 0.872. The number of nitrogens with two attached hydrogens (primary N) is 1. The average Bonchev–Trinajstić information content (AvgIpc) is 2.82. The van der Waals surface area contributed by atoms with Crippen molar-refractivity contribution in [1.82, 2.24) is 15.0 Å². The zero-order chi connectivity index (χ0) is 17.0. The number of carbonyl (C=O) groups excluding carboxylic acids is 1. The highest BCUT2D eigenvalue weighted by Crippen LogP contribution is 2.24. The van der Waals surface area contributed by atoms with E-state index in [0.29, 0.717) is 18.2 Å². The quantitative estimate of drug-likeness (QED) is 0.827. The van der Waals surface area contributed by atoms with Crippen LogP contribution in [0, 0.1) is 13.8 Å². The SMILES string of the molecule is CCOC(=O)C/C(C)=C/c1nc(-c2cc(C)cnc2N)[nH]c1C. The van der Waals surface area contributed by atoms with Crippen LogP contribution in [-0.2, 0) is 9.53 Å². The molecule has 2 aromatic heterocycles. The maximum Gasteiger partial charge on any atom is 0.309 e. The fourth-order valence-corrected chi connectivity index (χ4v) is 2.24. The van der Waals surface area contributed by atoms with Gasteiger partial charge in [-0.25, -0.2) is 9.97 Å².